The number of fused-ring (bicyclic) bond motifs is 1. The fourth-order valence-electron chi connectivity index (χ4n) is 3.96. The van der Waals surface area contributed by atoms with Gasteiger partial charge in [0.2, 0.25) is 0 Å². The van der Waals surface area contributed by atoms with Crippen LogP contribution in [0.5, 0.6) is 0 Å². The Kier molecular flexibility index (Phi) is 5.85. The molecule has 0 spiro atoms. The maximum atomic E-state index is 7.20. The summed E-state index contributed by atoms with van der Waals surface area (Å²) < 4.78 is 2.28. The minimum atomic E-state index is 0.713. The number of aromatic nitrogens is 1. The van der Waals surface area contributed by atoms with Crippen LogP contribution in [0, 0.1) is 6.57 Å². The van der Waals surface area contributed by atoms with Gasteiger partial charge in [0.25, 0.3) is 0 Å². The number of benzene rings is 2. The number of hydrogen-bond donors (Lipinski definition) is 0. The maximum Gasteiger partial charge on any atom is 0.189 e. The van der Waals surface area contributed by atoms with Crippen LogP contribution in [-0.4, -0.2) is 42.2 Å². The molecule has 0 saturated carbocycles. The molecule has 0 aliphatic carbocycles. The summed E-state index contributed by atoms with van der Waals surface area (Å²) in [6.45, 7) is 13.7. The molecule has 1 aliphatic heterocycles. The van der Waals surface area contributed by atoms with E-state index in [2.05, 4.69) is 43.6 Å². The van der Waals surface area contributed by atoms with Crippen molar-refractivity contribution in [3.05, 3.63) is 71.2 Å². The van der Waals surface area contributed by atoms with Gasteiger partial charge in [-0.05, 0) is 55.1 Å². The average molecular weight is 393 g/mol. The highest BCUT2D eigenvalue weighted by molar-refractivity contribution is 6.30. The number of nitrogens with zero attached hydrogens (tertiary/aromatic N) is 4. The number of anilines is 1. The number of unbranched alkanes of at least 4 members (excludes halogenated alkanes) is 1. The Hall–Kier alpha value is -2.48. The third kappa shape index (κ3) is 4.32. The van der Waals surface area contributed by atoms with Crippen molar-refractivity contribution in [3.63, 3.8) is 0 Å². The monoisotopic (exact) mass is 392 g/mol. The molecule has 1 aliphatic rings. The fourth-order valence-corrected chi connectivity index (χ4v) is 4.14. The predicted molar refractivity (Wildman–Crippen MR) is 118 cm³/mol. The Labute approximate surface area is 171 Å². The van der Waals surface area contributed by atoms with Crippen LogP contribution in [0.15, 0.2) is 54.7 Å². The molecule has 2 heterocycles. The van der Waals surface area contributed by atoms with E-state index in [0.717, 1.165) is 50.7 Å². The second-order valence-corrected chi connectivity index (χ2v) is 7.82. The number of halogens is 1. The lowest BCUT2D eigenvalue weighted by atomic mass is 10.2. The number of piperazine rings is 1. The number of aryl methyl sites for hydroxylation is 1. The summed E-state index contributed by atoms with van der Waals surface area (Å²) in [6, 6.07) is 16.2. The van der Waals surface area contributed by atoms with Gasteiger partial charge < -0.3 is 9.47 Å². The van der Waals surface area contributed by atoms with Gasteiger partial charge in [-0.25, -0.2) is 4.85 Å². The van der Waals surface area contributed by atoms with Crippen LogP contribution in [0.1, 0.15) is 12.8 Å². The molecule has 0 bridgehead atoms. The molecule has 4 rings (SSSR count). The molecule has 0 atom stereocenters. The van der Waals surface area contributed by atoms with Crippen molar-refractivity contribution < 1.29 is 0 Å². The largest absolute Gasteiger partial charge is 0.369 e. The van der Waals surface area contributed by atoms with Gasteiger partial charge in [-0.15, -0.1) is 0 Å². The molecular weight excluding hydrogens is 368 g/mol. The molecule has 0 unspecified atom stereocenters. The molecule has 1 saturated heterocycles. The van der Waals surface area contributed by atoms with E-state index < -0.39 is 0 Å². The molecular formula is C23H25ClN4. The summed E-state index contributed by atoms with van der Waals surface area (Å²) in [6.07, 6.45) is 4.49. The zero-order valence-corrected chi connectivity index (χ0v) is 16.8. The summed E-state index contributed by atoms with van der Waals surface area (Å²) in [5.41, 5.74) is 3.11. The van der Waals surface area contributed by atoms with Crippen LogP contribution in [-0.2, 0) is 6.54 Å². The van der Waals surface area contributed by atoms with Crippen LogP contribution in [0.3, 0.4) is 0 Å². The molecule has 4 nitrogen and oxygen atoms in total. The van der Waals surface area contributed by atoms with E-state index in [1.54, 1.807) is 0 Å². The minimum absolute atomic E-state index is 0.713. The molecule has 28 heavy (non-hydrogen) atoms. The van der Waals surface area contributed by atoms with Gasteiger partial charge in [0.05, 0.1) is 6.57 Å². The molecule has 0 amide bonds. The summed E-state index contributed by atoms with van der Waals surface area (Å²) in [5.74, 6) is 0. The lowest BCUT2D eigenvalue weighted by molar-refractivity contribution is 0.251. The van der Waals surface area contributed by atoms with Crippen molar-refractivity contribution in [2.75, 3.05) is 37.6 Å². The lowest BCUT2D eigenvalue weighted by Gasteiger charge is -2.36. The third-order valence-electron chi connectivity index (χ3n) is 5.56. The molecule has 144 valence electrons. The molecule has 1 aromatic heterocycles. The van der Waals surface area contributed by atoms with Crippen molar-refractivity contribution in [3.8, 4) is 0 Å². The quantitative estimate of drug-likeness (QED) is 0.409. The summed E-state index contributed by atoms with van der Waals surface area (Å²) in [4.78, 5) is 8.53. The van der Waals surface area contributed by atoms with Crippen molar-refractivity contribution in [1.82, 2.24) is 9.47 Å². The number of rotatable bonds is 6. The summed E-state index contributed by atoms with van der Waals surface area (Å²) >= 11 is 6.12. The lowest BCUT2D eigenvalue weighted by Crippen LogP contribution is -2.46. The highest BCUT2D eigenvalue weighted by Crippen LogP contribution is 2.23. The topological polar surface area (TPSA) is 15.8 Å². The van der Waals surface area contributed by atoms with Crippen molar-refractivity contribution in [1.29, 1.82) is 0 Å². The van der Waals surface area contributed by atoms with Crippen LogP contribution in [0.25, 0.3) is 15.7 Å². The Morgan fingerprint density at radius 2 is 1.75 bits per heavy atom. The van der Waals surface area contributed by atoms with Gasteiger partial charge in [-0.1, -0.05) is 29.8 Å². The molecule has 3 aromatic rings. The van der Waals surface area contributed by atoms with Crippen LogP contribution < -0.4 is 4.90 Å². The highest BCUT2D eigenvalue weighted by Gasteiger charge is 2.16. The Morgan fingerprint density at radius 3 is 2.54 bits per heavy atom. The van der Waals surface area contributed by atoms with Crippen molar-refractivity contribution >= 4 is 33.9 Å². The van der Waals surface area contributed by atoms with Gasteiger partial charge in [-0.3, -0.25) is 4.90 Å². The first-order chi connectivity index (χ1) is 13.7. The Bertz CT molecular complexity index is 980. The van der Waals surface area contributed by atoms with Crippen LogP contribution in [0.4, 0.5) is 11.4 Å². The van der Waals surface area contributed by atoms with E-state index in [4.69, 9.17) is 18.2 Å². The predicted octanol–water partition coefficient (Wildman–Crippen LogP) is 5.45. The SMILES string of the molecule is [C-]#[N+]c1ccc2ccn(CCCCN3CCN(c4cccc(Cl)c4)CC3)c2c1. The number of hydrogen-bond acceptors (Lipinski definition) is 2. The molecule has 0 radical (unpaired) electrons. The van der Waals surface area contributed by atoms with E-state index in [0.29, 0.717) is 5.69 Å². The molecule has 2 aromatic carbocycles. The second kappa shape index (κ2) is 8.68. The van der Waals surface area contributed by atoms with Crippen molar-refractivity contribution in [2.24, 2.45) is 0 Å². The van der Waals surface area contributed by atoms with Gasteiger partial charge in [-0.2, -0.15) is 0 Å². The second-order valence-electron chi connectivity index (χ2n) is 7.38. The normalized spacial score (nSPS) is 15.1. The standard InChI is InChI=1S/C23H25ClN4/c1-25-21-8-7-19-9-12-28(23(19)18-21)11-3-2-10-26-13-15-27(16-14-26)22-6-4-5-20(24)17-22/h4-9,12,17-18H,2-3,10-11,13-16H2. The molecule has 0 N–H and O–H groups in total. The first kappa shape index (κ1) is 18.9. The van der Waals surface area contributed by atoms with Gasteiger partial charge >= 0.3 is 0 Å². The van der Waals surface area contributed by atoms with Crippen LogP contribution in [0.2, 0.25) is 5.02 Å². The van der Waals surface area contributed by atoms with E-state index in [9.17, 15) is 0 Å². The first-order valence-corrected chi connectivity index (χ1v) is 10.3. The molecule has 5 heteroatoms. The zero-order valence-electron chi connectivity index (χ0n) is 16.0. The Balaban J connectivity index is 1.23. The zero-order chi connectivity index (χ0) is 19.3. The minimum Gasteiger partial charge on any atom is -0.369 e. The van der Waals surface area contributed by atoms with E-state index in [-0.39, 0.29) is 0 Å². The van der Waals surface area contributed by atoms with Gasteiger partial charge in [0.1, 0.15) is 0 Å². The summed E-state index contributed by atoms with van der Waals surface area (Å²) in [5, 5.41) is 2.02. The van der Waals surface area contributed by atoms with Crippen molar-refractivity contribution in [2.45, 2.75) is 19.4 Å². The fraction of sp³-hybridized carbons (Fsp3) is 0.348. The van der Waals surface area contributed by atoms with E-state index >= 15 is 0 Å². The Morgan fingerprint density at radius 1 is 0.929 bits per heavy atom. The third-order valence-corrected chi connectivity index (χ3v) is 5.79. The maximum absolute atomic E-state index is 7.20. The highest BCUT2D eigenvalue weighted by atomic mass is 35.5. The van der Waals surface area contributed by atoms with Gasteiger partial charge in [0.15, 0.2) is 5.69 Å². The average Bonchev–Trinajstić information content (AvgIpc) is 3.14. The summed E-state index contributed by atoms with van der Waals surface area (Å²) in [7, 11) is 0. The smallest absolute Gasteiger partial charge is 0.189 e. The molecule has 1 fully saturated rings. The first-order valence-electron chi connectivity index (χ1n) is 9.92. The van der Waals surface area contributed by atoms with E-state index in [1.807, 2.05) is 30.3 Å². The van der Waals surface area contributed by atoms with Gasteiger partial charge in [0, 0.05) is 55.1 Å². The van der Waals surface area contributed by atoms with E-state index in [1.165, 1.54) is 23.0 Å². The van der Waals surface area contributed by atoms with Crippen LogP contribution >= 0.6 is 11.6 Å².